The van der Waals surface area contributed by atoms with Crippen LogP contribution in [-0.2, 0) is 11.2 Å². The summed E-state index contributed by atoms with van der Waals surface area (Å²) in [5, 5.41) is 13.2. The van der Waals surface area contributed by atoms with E-state index in [2.05, 4.69) is 26.5 Å². The zero-order valence-electron chi connectivity index (χ0n) is 16.0. The van der Waals surface area contributed by atoms with Gasteiger partial charge in [0.15, 0.2) is 5.60 Å². The first-order valence-electron chi connectivity index (χ1n) is 8.55. The van der Waals surface area contributed by atoms with Crippen molar-refractivity contribution in [2.45, 2.75) is 46.1 Å². The number of aromatic hydroxyl groups is 1. The number of carbonyl (C=O) groups is 1. The molecule has 0 spiro atoms. The molecule has 1 heterocycles. The van der Waals surface area contributed by atoms with Crippen molar-refractivity contribution in [2.24, 2.45) is 0 Å². The quantitative estimate of drug-likeness (QED) is 0.830. The van der Waals surface area contributed by atoms with Crippen molar-refractivity contribution < 1.29 is 19.1 Å². The van der Waals surface area contributed by atoms with Crippen molar-refractivity contribution in [2.75, 3.05) is 34.2 Å². The second-order valence-corrected chi connectivity index (χ2v) is 8.13. The van der Waals surface area contributed by atoms with Crippen molar-refractivity contribution in [3.05, 3.63) is 22.3 Å². The maximum atomic E-state index is 12.7. The predicted molar refractivity (Wildman–Crippen MR) is 95.6 cm³/mol. The number of likely N-dealkylation sites (N-methyl/N-ethyl adjacent to an activating group) is 1. The van der Waals surface area contributed by atoms with Crippen molar-refractivity contribution in [1.29, 1.82) is 0 Å². The molecule has 0 aliphatic carbocycles. The number of quaternary nitrogens is 1. The normalized spacial score (nSPS) is 20.3. The molecule has 0 fully saturated rings. The molecule has 2 N–H and O–H groups in total. The molecule has 134 valence electrons. The van der Waals surface area contributed by atoms with Crippen LogP contribution >= 0.6 is 0 Å². The molecule has 1 aliphatic heterocycles. The molecule has 1 unspecified atom stereocenters. The van der Waals surface area contributed by atoms with E-state index < -0.39 is 5.60 Å². The molecule has 0 saturated heterocycles. The van der Waals surface area contributed by atoms with E-state index in [0.717, 1.165) is 45.5 Å². The summed E-state index contributed by atoms with van der Waals surface area (Å²) in [6.45, 7) is 9.08. The van der Waals surface area contributed by atoms with Gasteiger partial charge in [-0.15, -0.1) is 0 Å². The summed E-state index contributed by atoms with van der Waals surface area (Å²) in [7, 11) is 6.30. The van der Waals surface area contributed by atoms with Gasteiger partial charge in [0.1, 0.15) is 11.5 Å². The second kappa shape index (κ2) is 6.28. The lowest BCUT2D eigenvalue weighted by Gasteiger charge is -2.37. The summed E-state index contributed by atoms with van der Waals surface area (Å²) in [6, 6.07) is 0. The van der Waals surface area contributed by atoms with Crippen LogP contribution in [0, 0.1) is 20.8 Å². The van der Waals surface area contributed by atoms with E-state index >= 15 is 0 Å². The highest BCUT2D eigenvalue weighted by molar-refractivity contribution is 5.85. The number of rotatable bonds is 4. The number of fused-ring (bicyclic) bond motifs is 1. The minimum Gasteiger partial charge on any atom is -0.507 e. The average Bonchev–Trinajstić information content (AvgIpc) is 2.49. The van der Waals surface area contributed by atoms with Gasteiger partial charge in [0, 0.05) is 12.0 Å². The summed E-state index contributed by atoms with van der Waals surface area (Å²) < 4.78 is 6.99. The summed E-state index contributed by atoms with van der Waals surface area (Å²) in [5.74, 6) is 1.04. The first kappa shape index (κ1) is 18.6. The Kier molecular flexibility index (Phi) is 4.86. The number of nitrogens with one attached hydrogen (secondary N) is 1. The van der Waals surface area contributed by atoms with Crippen molar-refractivity contribution in [3.8, 4) is 11.5 Å². The SMILES string of the molecule is Cc1c(C)c2c(c(C)c1O)CCC(C)(C(=O)NCC[N+](C)(C)C)O2. The van der Waals surface area contributed by atoms with Gasteiger partial charge in [-0.2, -0.15) is 0 Å². The Bertz CT molecular complexity index is 662. The molecule has 0 bridgehead atoms. The summed E-state index contributed by atoms with van der Waals surface area (Å²) in [5.41, 5.74) is 2.75. The van der Waals surface area contributed by atoms with Crippen LogP contribution < -0.4 is 10.1 Å². The van der Waals surface area contributed by atoms with Gasteiger partial charge in [-0.05, 0) is 50.8 Å². The molecule has 24 heavy (non-hydrogen) atoms. The van der Waals surface area contributed by atoms with Gasteiger partial charge in [0.05, 0.1) is 34.2 Å². The molecule has 1 atom stereocenters. The Morgan fingerprint density at radius 1 is 1.21 bits per heavy atom. The topological polar surface area (TPSA) is 58.6 Å². The molecular formula is C19H31N2O3+. The number of hydrogen-bond donors (Lipinski definition) is 2. The Morgan fingerprint density at radius 2 is 1.83 bits per heavy atom. The van der Waals surface area contributed by atoms with Gasteiger partial charge in [0.25, 0.3) is 5.91 Å². The zero-order valence-corrected chi connectivity index (χ0v) is 16.0. The lowest BCUT2D eigenvalue weighted by Crippen LogP contribution is -2.53. The number of amides is 1. The zero-order chi connectivity index (χ0) is 18.3. The second-order valence-electron chi connectivity index (χ2n) is 8.13. The molecule has 0 aromatic heterocycles. The van der Waals surface area contributed by atoms with Crippen LogP contribution in [0.4, 0.5) is 0 Å². The fraction of sp³-hybridized carbons (Fsp3) is 0.632. The van der Waals surface area contributed by atoms with Gasteiger partial charge in [-0.25, -0.2) is 0 Å². The Hall–Kier alpha value is -1.75. The highest BCUT2D eigenvalue weighted by Gasteiger charge is 2.40. The van der Waals surface area contributed by atoms with Crippen LogP contribution in [0.3, 0.4) is 0 Å². The number of benzene rings is 1. The third kappa shape index (κ3) is 3.51. The van der Waals surface area contributed by atoms with Crippen LogP contribution in [0.5, 0.6) is 11.5 Å². The monoisotopic (exact) mass is 335 g/mol. The van der Waals surface area contributed by atoms with E-state index in [9.17, 15) is 9.90 Å². The van der Waals surface area contributed by atoms with Crippen LogP contribution in [0.1, 0.15) is 35.6 Å². The van der Waals surface area contributed by atoms with Crippen LogP contribution in [-0.4, -0.2) is 55.3 Å². The number of ether oxygens (including phenoxy) is 1. The number of phenols is 1. The van der Waals surface area contributed by atoms with E-state index in [1.807, 2.05) is 27.7 Å². The molecule has 0 radical (unpaired) electrons. The third-order valence-electron chi connectivity index (χ3n) is 5.07. The fourth-order valence-electron chi connectivity index (χ4n) is 3.10. The van der Waals surface area contributed by atoms with Crippen LogP contribution in [0.25, 0.3) is 0 Å². The maximum absolute atomic E-state index is 12.7. The van der Waals surface area contributed by atoms with E-state index in [1.165, 1.54) is 0 Å². The van der Waals surface area contributed by atoms with E-state index in [0.29, 0.717) is 18.7 Å². The number of hydrogen-bond acceptors (Lipinski definition) is 3. The first-order valence-corrected chi connectivity index (χ1v) is 8.55. The van der Waals surface area contributed by atoms with Gasteiger partial charge in [-0.1, -0.05) is 0 Å². The van der Waals surface area contributed by atoms with E-state index in [-0.39, 0.29) is 5.91 Å². The molecule has 1 aromatic rings. The smallest absolute Gasteiger partial charge is 0.264 e. The first-order chi connectivity index (χ1) is 11.0. The molecule has 5 nitrogen and oxygen atoms in total. The third-order valence-corrected chi connectivity index (χ3v) is 5.07. The van der Waals surface area contributed by atoms with Gasteiger partial charge in [0.2, 0.25) is 0 Å². The minimum atomic E-state index is -0.863. The van der Waals surface area contributed by atoms with Crippen molar-refractivity contribution in [3.63, 3.8) is 0 Å². The van der Waals surface area contributed by atoms with E-state index in [4.69, 9.17) is 4.74 Å². The Balaban J connectivity index is 2.20. The molecule has 1 aliphatic rings. The number of phenolic OH excluding ortho intramolecular Hbond substituents is 1. The maximum Gasteiger partial charge on any atom is 0.264 e. The number of nitrogens with zero attached hydrogens (tertiary/aromatic N) is 1. The minimum absolute atomic E-state index is 0.0654. The summed E-state index contributed by atoms with van der Waals surface area (Å²) >= 11 is 0. The van der Waals surface area contributed by atoms with Crippen molar-refractivity contribution in [1.82, 2.24) is 5.32 Å². The molecule has 1 aromatic carbocycles. The highest BCUT2D eigenvalue weighted by atomic mass is 16.5. The largest absolute Gasteiger partial charge is 0.507 e. The lowest BCUT2D eigenvalue weighted by atomic mass is 9.86. The molecule has 5 heteroatoms. The predicted octanol–water partition coefficient (Wildman–Crippen LogP) is 2.22. The van der Waals surface area contributed by atoms with Crippen LogP contribution in [0.15, 0.2) is 0 Å². The van der Waals surface area contributed by atoms with Gasteiger partial charge < -0.3 is 19.6 Å². The van der Waals surface area contributed by atoms with E-state index in [1.54, 1.807) is 0 Å². The average molecular weight is 335 g/mol. The molecular weight excluding hydrogens is 304 g/mol. The van der Waals surface area contributed by atoms with Crippen molar-refractivity contribution >= 4 is 5.91 Å². The Labute approximate surface area is 145 Å². The molecule has 1 amide bonds. The molecule has 0 saturated carbocycles. The van der Waals surface area contributed by atoms with Gasteiger partial charge >= 0.3 is 0 Å². The summed E-state index contributed by atoms with van der Waals surface area (Å²) in [4.78, 5) is 12.7. The number of carbonyl (C=O) groups excluding carboxylic acids is 1. The Morgan fingerprint density at radius 3 is 2.42 bits per heavy atom. The lowest BCUT2D eigenvalue weighted by molar-refractivity contribution is -0.869. The highest BCUT2D eigenvalue weighted by Crippen LogP contribution is 2.43. The summed E-state index contributed by atoms with van der Waals surface area (Å²) in [6.07, 6.45) is 1.34. The standard InChI is InChI=1S/C19H30N2O3/c1-12-13(2)17-15(14(3)16(12)22)8-9-19(4,24-17)18(23)20-10-11-21(5,6)7/h8-11H2,1-7H3,(H-,20,22,23)/p+1. The fourth-order valence-corrected chi connectivity index (χ4v) is 3.10. The van der Waals surface area contributed by atoms with Crippen LogP contribution in [0.2, 0.25) is 0 Å². The molecule has 2 rings (SSSR count). The van der Waals surface area contributed by atoms with Gasteiger partial charge in [-0.3, -0.25) is 4.79 Å².